The second-order valence-corrected chi connectivity index (χ2v) is 26.9. The summed E-state index contributed by atoms with van der Waals surface area (Å²) in [6.45, 7) is 47.3. The highest BCUT2D eigenvalue weighted by Crippen LogP contribution is 2.51. The van der Waals surface area contributed by atoms with Crippen LogP contribution in [-0.2, 0) is 27.1 Å². The zero-order valence-electron chi connectivity index (χ0n) is 46.5. The summed E-state index contributed by atoms with van der Waals surface area (Å²) in [7, 11) is 0. The van der Waals surface area contributed by atoms with Crippen LogP contribution in [0.15, 0.2) is 133 Å². The summed E-state index contributed by atoms with van der Waals surface area (Å²) < 4.78 is 9.65. The van der Waals surface area contributed by atoms with Crippen LogP contribution < -0.4 is 14.5 Å². The van der Waals surface area contributed by atoms with Crippen LogP contribution in [0.3, 0.4) is 0 Å². The monoisotopic (exact) mass is 935 g/mol. The topological polar surface area (TPSA) is 33.5 Å². The molecule has 70 heavy (non-hydrogen) atoms. The van der Waals surface area contributed by atoms with Crippen molar-refractivity contribution in [3.63, 3.8) is 0 Å². The van der Waals surface area contributed by atoms with E-state index in [1.54, 1.807) is 0 Å². The first-order valence-electron chi connectivity index (χ1n) is 25.6. The Hall–Kier alpha value is -5.81. The van der Waals surface area contributed by atoms with Gasteiger partial charge in [-0.05, 0) is 104 Å². The molecule has 0 atom stereocenters. The molecule has 0 unspecified atom stereocenters. The van der Waals surface area contributed by atoms with E-state index in [0.717, 1.165) is 34.0 Å². The number of para-hydroxylation sites is 1. The molecule has 0 amide bonds. The van der Waals surface area contributed by atoms with Gasteiger partial charge in [-0.25, -0.2) is 4.98 Å². The second kappa shape index (κ2) is 17.2. The highest BCUT2D eigenvalue weighted by Gasteiger charge is 2.43. The Morgan fingerprint density at radius 1 is 0.414 bits per heavy atom. The molecule has 1 aliphatic heterocycles. The number of ether oxygens (including phenoxy) is 1. The Kier molecular flexibility index (Phi) is 12.4. The average Bonchev–Trinajstić information content (AvgIpc) is 3.83. The maximum absolute atomic E-state index is 7.31. The van der Waals surface area contributed by atoms with Crippen molar-refractivity contribution in [1.29, 1.82) is 0 Å². The highest BCUT2D eigenvalue weighted by atomic mass is 16.5. The zero-order chi connectivity index (χ0) is 51.3. The van der Waals surface area contributed by atoms with Crippen LogP contribution in [0.5, 0.6) is 11.5 Å². The van der Waals surface area contributed by atoms with Crippen molar-refractivity contribution in [3.05, 3.63) is 166 Å². The molecule has 0 spiro atoms. The lowest BCUT2D eigenvalue weighted by molar-refractivity contribution is 0.444. The molecule has 0 aliphatic carbocycles. The standard InChI is InChI=1S/C65H82N4O/c1-59(2,3)43-30-31-66-55(37-43)69-53-29-25-24-28-51(53)56-52(62(10,11)12)39-50(40-54(56)69)70-49-36-45(61(7,8)9)34-48(38-49)68-41-67(57(63(13,14)15)58(68)64(16,17)18)47-33-44(60(4,5)6)32-46(35-47)65(19,20)42-26-22-21-23-27-42/h21-40H,41H2,1-20H3. The summed E-state index contributed by atoms with van der Waals surface area (Å²) in [6, 6.07) is 43.0. The van der Waals surface area contributed by atoms with E-state index in [4.69, 9.17) is 9.72 Å². The molecule has 0 radical (unpaired) electrons. The SMILES string of the molecule is CC(C)(C)C1=C(C(C)(C)C)N(c2cc(C(C)(C)C)cc(C(C)(C)c3ccccc3)c2)CN1c1cc(Oc2cc(C(C)(C)C)c3c4ccccc4n(-c4cc(C(C)(C)C)ccn4)c3c2)cc(C(C)(C)C)c1. The van der Waals surface area contributed by atoms with E-state index in [2.05, 4.69) is 268 Å². The third-order valence-electron chi connectivity index (χ3n) is 14.5. The van der Waals surface area contributed by atoms with Gasteiger partial charge < -0.3 is 14.5 Å². The second-order valence-electron chi connectivity index (χ2n) is 26.9. The summed E-state index contributed by atoms with van der Waals surface area (Å²) in [4.78, 5) is 10.2. The normalized spacial score (nSPS) is 14.7. The van der Waals surface area contributed by atoms with Gasteiger partial charge in [0.25, 0.3) is 0 Å². The van der Waals surface area contributed by atoms with Gasteiger partial charge in [0.2, 0.25) is 0 Å². The predicted octanol–water partition coefficient (Wildman–Crippen LogP) is 18.1. The number of fused-ring (bicyclic) bond motifs is 3. The van der Waals surface area contributed by atoms with Gasteiger partial charge in [-0.3, -0.25) is 4.57 Å². The zero-order valence-corrected chi connectivity index (χ0v) is 46.5. The van der Waals surface area contributed by atoms with Crippen molar-refractivity contribution >= 4 is 33.2 Å². The maximum Gasteiger partial charge on any atom is 0.137 e. The van der Waals surface area contributed by atoms with Crippen LogP contribution in [0.25, 0.3) is 27.6 Å². The number of hydrogen-bond acceptors (Lipinski definition) is 4. The van der Waals surface area contributed by atoms with Crippen LogP contribution in [-0.4, -0.2) is 16.2 Å². The summed E-state index contributed by atoms with van der Waals surface area (Å²) in [6.07, 6.45) is 1.96. The smallest absolute Gasteiger partial charge is 0.137 e. The summed E-state index contributed by atoms with van der Waals surface area (Å²) in [5.41, 5.74) is 13.9. The first-order chi connectivity index (χ1) is 32.2. The Labute approximate surface area is 422 Å². The highest BCUT2D eigenvalue weighted by molar-refractivity contribution is 6.11. The van der Waals surface area contributed by atoms with E-state index in [0.29, 0.717) is 6.67 Å². The van der Waals surface area contributed by atoms with Gasteiger partial charge in [-0.15, -0.1) is 0 Å². The van der Waals surface area contributed by atoms with Crippen molar-refractivity contribution in [2.45, 2.75) is 166 Å². The minimum atomic E-state index is -0.209. The average molecular weight is 935 g/mol. The number of hydrogen-bond donors (Lipinski definition) is 0. The first kappa shape index (κ1) is 50.6. The van der Waals surface area contributed by atoms with Gasteiger partial charge in [0.15, 0.2) is 0 Å². The number of pyridine rings is 1. The number of benzene rings is 5. The Morgan fingerprint density at radius 2 is 0.929 bits per heavy atom. The van der Waals surface area contributed by atoms with Gasteiger partial charge in [0.1, 0.15) is 17.3 Å². The molecule has 5 nitrogen and oxygen atoms in total. The Morgan fingerprint density at radius 3 is 1.49 bits per heavy atom. The van der Waals surface area contributed by atoms with Crippen molar-refractivity contribution in [2.75, 3.05) is 16.5 Å². The van der Waals surface area contributed by atoms with Crippen LogP contribution in [0.2, 0.25) is 0 Å². The fraction of sp³-hybridized carbons (Fsp3) is 0.431. The van der Waals surface area contributed by atoms with E-state index < -0.39 is 0 Å². The molecule has 0 saturated carbocycles. The van der Waals surface area contributed by atoms with Crippen LogP contribution in [0, 0.1) is 10.8 Å². The largest absolute Gasteiger partial charge is 0.457 e. The molecule has 2 aromatic heterocycles. The molecule has 5 aromatic carbocycles. The van der Waals surface area contributed by atoms with Gasteiger partial charge in [0.05, 0.1) is 17.7 Å². The lowest BCUT2D eigenvalue weighted by Crippen LogP contribution is -2.32. The molecule has 0 bridgehead atoms. The summed E-state index contributed by atoms with van der Waals surface area (Å²) >= 11 is 0. The molecule has 5 heteroatoms. The minimum Gasteiger partial charge on any atom is -0.457 e. The van der Waals surface area contributed by atoms with Gasteiger partial charge in [-0.2, -0.15) is 0 Å². The van der Waals surface area contributed by atoms with E-state index in [9.17, 15) is 0 Å². The number of anilines is 2. The Balaban J connectivity index is 1.32. The molecule has 0 fully saturated rings. The van der Waals surface area contributed by atoms with Crippen LogP contribution >= 0.6 is 0 Å². The predicted molar refractivity (Wildman–Crippen MR) is 301 cm³/mol. The van der Waals surface area contributed by atoms with E-state index in [1.807, 2.05) is 6.20 Å². The van der Waals surface area contributed by atoms with Gasteiger partial charge >= 0.3 is 0 Å². The molecular weight excluding hydrogens is 853 g/mol. The molecule has 7 aromatic rings. The molecule has 1 aliphatic rings. The lowest BCUT2D eigenvalue weighted by Gasteiger charge is -2.35. The third kappa shape index (κ3) is 9.67. The number of allylic oxidation sites excluding steroid dienone is 2. The third-order valence-corrected chi connectivity index (χ3v) is 14.5. The molecule has 368 valence electrons. The lowest BCUT2D eigenvalue weighted by atomic mass is 9.75. The fourth-order valence-corrected chi connectivity index (χ4v) is 10.4. The van der Waals surface area contributed by atoms with Crippen LogP contribution in [0.4, 0.5) is 11.4 Å². The minimum absolute atomic E-state index is 0.0299. The van der Waals surface area contributed by atoms with E-state index in [-0.39, 0.29) is 37.9 Å². The van der Waals surface area contributed by atoms with Crippen molar-refractivity contribution in [1.82, 2.24) is 9.55 Å². The van der Waals surface area contributed by atoms with Crippen LogP contribution in [0.1, 0.15) is 172 Å². The number of nitrogens with zero attached hydrogens (tertiary/aromatic N) is 4. The maximum atomic E-state index is 7.31. The van der Waals surface area contributed by atoms with E-state index in [1.165, 1.54) is 61.2 Å². The number of rotatable bonds is 7. The molecule has 8 rings (SSSR count). The van der Waals surface area contributed by atoms with Crippen molar-refractivity contribution in [2.24, 2.45) is 10.8 Å². The number of aromatic nitrogens is 2. The van der Waals surface area contributed by atoms with Crippen molar-refractivity contribution in [3.8, 4) is 17.3 Å². The Bertz CT molecular complexity index is 3120. The molecular formula is C65H82N4O. The molecule has 3 heterocycles. The fourth-order valence-electron chi connectivity index (χ4n) is 10.4. The van der Waals surface area contributed by atoms with Gasteiger partial charge in [0, 0.05) is 68.1 Å². The molecule has 0 saturated heterocycles. The van der Waals surface area contributed by atoms with Gasteiger partial charge in [-0.1, -0.05) is 193 Å². The molecule has 0 N–H and O–H groups in total. The summed E-state index contributed by atoms with van der Waals surface area (Å²) in [5, 5.41) is 2.45. The quantitative estimate of drug-likeness (QED) is 0.159. The summed E-state index contributed by atoms with van der Waals surface area (Å²) in [5.74, 6) is 2.54. The first-order valence-corrected chi connectivity index (χ1v) is 25.6. The van der Waals surface area contributed by atoms with E-state index >= 15 is 0 Å². The van der Waals surface area contributed by atoms with Crippen molar-refractivity contribution < 1.29 is 4.74 Å².